The normalized spacial score (nSPS) is 11.9. The Morgan fingerprint density at radius 2 is 1.91 bits per heavy atom. The second-order valence-electron chi connectivity index (χ2n) is 5.48. The maximum atomic E-state index is 12.1. The molecular weight excluding hydrogens is 276 g/mol. The SMILES string of the molecule is Cc1cc(C(=O)Nc2ccc3c(c2)-c2ccccc2C3)no1. The van der Waals surface area contributed by atoms with Crippen molar-refractivity contribution in [3.8, 4) is 11.1 Å². The van der Waals surface area contributed by atoms with E-state index in [0.717, 1.165) is 12.1 Å². The molecule has 0 radical (unpaired) electrons. The first-order valence-corrected chi connectivity index (χ1v) is 7.16. The average Bonchev–Trinajstić information content (AvgIpc) is 3.11. The second-order valence-corrected chi connectivity index (χ2v) is 5.48. The van der Waals surface area contributed by atoms with Crippen molar-refractivity contribution in [1.29, 1.82) is 0 Å². The van der Waals surface area contributed by atoms with Gasteiger partial charge in [-0.15, -0.1) is 0 Å². The highest BCUT2D eigenvalue weighted by Gasteiger charge is 2.19. The molecule has 4 nitrogen and oxygen atoms in total. The number of nitrogens with zero attached hydrogens (tertiary/aromatic N) is 1. The quantitative estimate of drug-likeness (QED) is 0.611. The molecule has 4 rings (SSSR count). The molecule has 0 bridgehead atoms. The van der Waals surface area contributed by atoms with E-state index in [2.05, 4.69) is 34.7 Å². The molecule has 3 aromatic rings. The number of benzene rings is 2. The van der Waals surface area contributed by atoms with Crippen molar-refractivity contribution in [2.75, 3.05) is 5.32 Å². The highest BCUT2D eigenvalue weighted by atomic mass is 16.5. The lowest BCUT2D eigenvalue weighted by atomic mass is 10.1. The van der Waals surface area contributed by atoms with E-state index in [0.29, 0.717) is 11.5 Å². The van der Waals surface area contributed by atoms with Crippen LogP contribution >= 0.6 is 0 Å². The third kappa shape index (κ3) is 2.09. The summed E-state index contributed by atoms with van der Waals surface area (Å²) in [6.45, 7) is 1.76. The summed E-state index contributed by atoms with van der Waals surface area (Å²) >= 11 is 0. The first kappa shape index (κ1) is 12.8. The number of rotatable bonds is 2. The molecule has 0 atom stereocenters. The van der Waals surface area contributed by atoms with Crippen molar-refractivity contribution in [2.24, 2.45) is 0 Å². The Morgan fingerprint density at radius 3 is 2.73 bits per heavy atom. The molecule has 1 aromatic heterocycles. The molecule has 0 fully saturated rings. The van der Waals surface area contributed by atoms with Crippen molar-refractivity contribution in [2.45, 2.75) is 13.3 Å². The van der Waals surface area contributed by atoms with Gasteiger partial charge in [0.1, 0.15) is 5.76 Å². The number of hydrogen-bond donors (Lipinski definition) is 1. The van der Waals surface area contributed by atoms with Gasteiger partial charge in [-0.1, -0.05) is 35.5 Å². The number of anilines is 1. The molecule has 1 aliphatic rings. The van der Waals surface area contributed by atoms with E-state index < -0.39 is 0 Å². The summed E-state index contributed by atoms with van der Waals surface area (Å²) in [5.41, 5.74) is 6.10. The summed E-state index contributed by atoms with van der Waals surface area (Å²) in [4.78, 5) is 12.1. The van der Waals surface area contributed by atoms with E-state index in [1.54, 1.807) is 13.0 Å². The Balaban J connectivity index is 1.64. The van der Waals surface area contributed by atoms with Crippen LogP contribution in [0.3, 0.4) is 0 Å². The van der Waals surface area contributed by atoms with Crippen molar-refractivity contribution in [1.82, 2.24) is 5.16 Å². The van der Waals surface area contributed by atoms with Gasteiger partial charge in [0, 0.05) is 11.8 Å². The molecule has 1 amide bonds. The fraction of sp³-hybridized carbons (Fsp3) is 0.111. The molecule has 108 valence electrons. The number of carbonyl (C=O) groups is 1. The van der Waals surface area contributed by atoms with Gasteiger partial charge >= 0.3 is 0 Å². The molecule has 0 saturated heterocycles. The van der Waals surface area contributed by atoms with E-state index in [4.69, 9.17) is 4.52 Å². The number of aryl methyl sites for hydroxylation is 1. The van der Waals surface area contributed by atoms with Gasteiger partial charge in [0.05, 0.1) is 0 Å². The lowest BCUT2D eigenvalue weighted by Gasteiger charge is -2.06. The van der Waals surface area contributed by atoms with Gasteiger partial charge in [-0.25, -0.2) is 0 Å². The molecule has 0 aliphatic heterocycles. The summed E-state index contributed by atoms with van der Waals surface area (Å²) in [6, 6.07) is 16.0. The zero-order valence-electron chi connectivity index (χ0n) is 12.1. The van der Waals surface area contributed by atoms with Crippen LogP contribution in [0.5, 0.6) is 0 Å². The largest absolute Gasteiger partial charge is 0.361 e. The standard InChI is InChI=1S/C18H14N2O2/c1-11-8-17(20-22-11)18(21)19-14-7-6-13-9-12-4-2-3-5-15(12)16(13)10-14/h2-8,10H,9H2,1H3,(H,19,21). The van der Waals surface area contributed by atoms with Gasteiger partial charge in [-0.2, -0.15) is 0 Å². The van der Waals surface area contributed by atoms with Crippen LogP contribution in [0, 0.1) is 6.92 Å². The van der Waals surface area contributed by atoms with Crippen LogP contribution in [0.4, 0.5) is 5.69 Å². The predicted octanol–water partition coefficient (Wildman–Crippen LogP) is 3.81. The van der Waals surface area contributed by atoms with Gasteiger partial charge < -0.3 is 9.84 Å². The van der Waals surface area contributed by atoms with Gasteiger partial charge in [0.2, 0.25) is 0 Å². The third-order valence-corrected chi connectivity index (χ3v) is 3.92. The summed E-state index contributed by atoms with van der Waals surface area (Å²) in [6.07, 6.45) is 0.947. The number of carbonyl (C=O) groups excluding carboxylic acids is 1. The smallest absolute Gasteiger partial charge is 0.277 e. The molecule has 0 saturated carbocycles. The van der Waals surface area contributed by atoms with Crippen LogP contribution in [-0.4, -0.2) is 11.1 Å². The number of hydrogen-bond acceptors (Lipinski definition) is 3. The minimum Gasteiger partial charge on any atom is -0.361 e. The Kier molecular flexibility index (Phi) is 2.82. The van der Waals surface area contributed by atoms with Gasteiger partial charge in [0.15, 0.2) is 5.69 Å². The summed E-state index contributed by atoms with van der Waals surface area (Å²) in [5, 5.41) is 6.60. The minimum atomic E-state index is -0.261. The fourth-order valence-corrected chi connectivity index (χ4v) is 2.87. The van der Waals surface area contributed by atoms with Gasteiger partial charge in [-0.05, 0) is 47.7 Å². The van der Waals surface area contributed by atoms with Crippen LogP contribution in [-0.2, 0) is 6.42 Å². The minimum absolute atomic E-state index is 0.261. The molecule has 1 heterocycles. The van der Waals surface area contributed by atoms with E-state index in [-0.39, 0.29) is 5.91 Å². The molecule has 4 heteroatoms. The second kappa shape index (κ2) is 4.84. The zero-order valence-corrected chi connectivity index (χ0v) is 12.1. The van der Waals surface area contributed by atoms with Crippen LogP contribution in [0.2, 0.25) is 0 Å². The summed E-state index contributed by atoms with van der Waals surface area (Å²) in [5.74, 6) is 0.358. The summed E-state index contributed by atoms with van der Waals surface area (Å²) in [7, 11) is 0. The average molecular weight is 290 g/mol. The molecule has 1 aliphatic carbocycles. The van der Waals surface area contributed by atoms with E-state index >= 15 is 0 Å². The number of aromatic nitrogens is 1. The number of amides is 1. The van der Waals surface area contributed by atoms with Crippen LogP contribution in [0.15, 0.2) is 53.1 Å². The fourth-order valence-electron chi connectivity index (χ4n) is 2.87. The number of nitrogens with one attached hydrogen (secondary N) is 1. The Bertz CT molecular complexity index is 880. The molecule has 22 heavy (non-hydrogen) atoms. The maximum Gasteiger partial charge on any atom is 0.277 e. The molecule has 0 spiro atoms. The van der Waals surface area contributed by atoms with Crippen molar-refractivity contribution in [3.05, 3.63) is 71.1 Å². The lowest BCUT2D eigenvalue weighted by Crippen LogP contribution is -2.12. The Hall–Kier alpha value is -2.88. The highest BCUT2D eigenvalue weighted by molar-refractivity contribution is 6.03. The molecule has 1 N–H and O–H groups in total. The van der Waals surface area contributed by atoms with E-state index in [9.17, 15) is 4.79 Å². The number of fused-ring (bicyclic) bond motifs is 3. The lowest BCUT2D eigenvalue weighted by molar-refractivity contribution is 0.101. The molecule has 0 unspecified atom stereocenters. The zero-order chi connectivity index (χ0) is 15.1. The monoisotopic (exact) mass is 290 g/mol. The van der Waals surface area contributed by atoms with Crippen LogP contribution in [0.25, 0.3) is 11.1 Å². The first-order chi connectivity index (χ1) is 10.7. The van der Waals surface area contributed by atoms with Gasteiger partial charge in [-0.3, -0.25) is 4.79 Å². The van der Waals surface area contributed by atoms with E-state index in [1.807, 2.05) is 18.2 Å². The topological polar surface area (TPSA) is 55.1 Å². The van der Waals surface area contributed by atoms with Crippen molar-refractivity contribution < 1.29 is 9.32 Å². The Morgan fingerprint density at radius 1 is 1.09 bits per heavy atom. The van der Waals surface area contributed by atoms with Crippen molar-refractivity contribution >= 4 is 11.6 Å². The Labute approximate surface area is 127 Å². The predicted molar refractivity (Wildman–Crippen MR) is 83.9 cm³/mol. The maximum absolute atomic E-state index is 12.1. The van der Waals surface area contributed by atoms with Crippen molar-refractivity contribution in [3.63, 3.8) is 0 Å². The van der Waals surface area contributed by atoms with Crippen LogP contribution < -0.4 is 5.32 Å². The third-order valence-electron chi connectivity index (χ3n) is 3.92. The molecule has 2 aromatic carbocycles. The molecular formula is C18H14N2O2. The van der Waals surface area contributed by atoms with E-state index in [1.165, 1.54) is 22.3 Å². The van der Waals surface area contributed by atoms with Gasteiger partial charge in [0.25, 0.3) is 5.91 Å². The highest BCUT2D eigenvalue weighted by Crippen LogP contribution is 2.37. The van der Waals surface area contributed by atoms with Crippen LogP contribution in [0.1, 0.15) is 27.4 Å². The summed E-state index contributed by atoms with van der Waals surface area (Å²) < 4.78 is 4.93. The first-order valence-electron chi connectivity index (χ1n) is 7.16.